The van der Waals surface area contributed by atoms with Gasteiger partial charge in [-0.1, -0.05) is 13.8 Å². The predicted octanol–water partition coefficient (Wildman–Crippen LogP) is 1.83. The molecule has 0 amide bonds. The molecule has 0 aliphatic carbocycles. The Morgan fingerprint density at radius 3 is 2.55 bits per heavy atom. The number of hydrogen-bond acceptors (Lipinski definition) is 6. The van der Waals surface area contributed by atoms with E-state index in [1.165, 1.54) is 0 Å². The number of nitrogens with zero attached hydrogens (tertiary/aromatic N) is 5. The van der Waals surface area contributed by atoms with Crippen LogP contribution >= 0.6 is 24.0 Å². The number of ether oxygens (including phenoxy) is 1. The Morgan fingerprint density at radius 2 is 1.90 bits per heavy atom. The van der Waals surface area contributed by atoms with Gasteiger partial charge in [-0.3, -0.25) is 9.89 Å². The molecule has 8 nitrogen and oxygen atoms in total. The summed E-state index contributed by atoms with van der Waals surface area (Å²) in [5.41, 5.74) is 0. The van der Waals surface area contributed by atoms with Gasteiger partial charge in [0.25, 0.3) is 0 Å². The van der Waals surface area contributed by atoms with Crippen LogP contribution in [0.25, 0.3) is 0 Å². The molecule has 0 aromatic carbocycles. The highest BCUT2D eigenvalue weighted by atomic mass is 127. The van der Waals surface area contributed by atoms with Crippen molar-refractivity contribution in [3.63, 3.8) is 0 Å². The fourth-order valence-electron chi connectivity index (χ4n) is 2.98. The maximum Gasteiger partial charge on any atom is 0.225 e. The summed E-state index contributed by atoms with van der Waals surface area (Å²) in [7, 11) is 0. The largest absolute Gasteiger partial charge is 0.381 e. The lowest BCUT2D eigenvalue weighted by Gasteiger charge is -2.34. The number of nitrogens with one attached hydrogen (secondary N) is 2. The van der Waals surface area contributed by atoms with Crippen molar-refractivity contribution >= 4 is 35.9 Å². The number of aromatic nitrogens is 2. The van der Waals surface area contributed by atoms with E-state index in [4.69, 9.17) is 4.74 Å². The standard InChI is InChI=1S/C20H37N7O.HI/c1-4-21-19(22-9-6-16-28-17-18(2)3)23-10-11-26-12-14-27(15-13-26)20-24-7-5-8-25-20;/h5,7-8,18H,4,6,9-17H2,1-3H3,(H2,21,22,23);1H. The van der Waals surface area contributed by atoms with Crippen molar-refractivity contribution in [2.75, 3.05) is 70.5 Å². The lowest BCUT2D eigenvalue weighted by Crippen LogP contribution is -2.49. The molecule has 0 unspecified atom stereocenters. The Morgan fingerprint density at radius 1 is 1.17 bits per heavy atom. The molecule has 2 N–H and O–H groups in total. The first-order valence-corrected chi connectivity index (χ1v) is 10.5. The number of piperazine rings is 1. The van der Waals surface area contributed by atoms with Gasteiger partial charge < -0.3 is 20.3 Å². The van der Waals surface area contributed by atoms with Crippen molar-refractivity contribution in [1.29, 1.82) is 0 Å². The van der Waals surface area contributed by atoms with E-state index in [2.05, 4.69) is 56.2 Å². The van der Waals surface area contributed by atoms with Crippen molar-refractivity contribution in [2.45, 2.75) is 27.2 Å². The Balaban J connectivity index is 0.00000420. The molecule has 0 bridgehead atoms. The van der Waals surface area contributed by atoms with Gasteiger partial charge in [0.2, 0.25) is 5.95 Å². The number of halogens is 1. The van der Waals surface area contributed by atoms with Crippen LogP contribution in [0.3, 0.4) is 0 Å². The lowest BCUT2D eigenvalue weighted by atomic mass is 10.2. The minimum absolute atomic E-state index is 0. The molecule has 29 heavy (non-hydrogen) atoms. The van der Waals surface area contributed by atoms with E-state index in [0.717, 1.165) is 83.9 Å². The molecule has 1 aromatic rings. The lowest BCUT2D eigenvalue weighted by molar-refractivity contribution is 0.109. The zero-order valence-corrected chi connectivity index (χ0v) is 20.5. The predicted molar refractivity (Wildman–Crippen MR) is 130 cm³/mol. The monoisotopic (exact) mass is 519 g/mol. The smallest absolute Gasteiger partial charge is 0.225 e. The van der Waals surface area contributed by atoms with Gasteiger partial charge in [0.15, 0.2) is 5.96 Å². The third-order valence-corrected chi connectivity index (χ3v) is 4.44. The number of aliphatic imine (C=N–C) groups is 1. The normalized spacial score (nSPS) is 15.3. The van der Waals surface area contributed by atoms with E-state index in [1.807, 2.05) is 6.07 Å². The summed E-state index contributed by atoms with van der Waals surface area (Å²) >= 11 is 0. The van der Waals surface area contributed by atoms with Gasteiger partial charge in [-0.15, -0.1) is 24.0 Å². The Kier molecular flexibility index (Phi) is 13.9. The molecule has 2 rings (SSSR count). The van der Waals surface area contributed by atoms with Crippen molar-refractivity contribution in [3.8, 4) is 0 Å². The molecule has 0 spiro atoms. The van der Waals surface area contributed by atoms with Crippen molar-refractivity contribution in [2.24, 2.45) is 10.9 Å². The molecule has 0 saturated carbocycles. The van der Waals surface area contributed by atoms with Crippen LogP contribution in [0.1, 0.15) is 27.2 Å². The summed E-state index contributed by atoms with van der Waals surface area (Å²) in [6.07, 6.45) is 4.56. The molecule has 1 aliphatic heterocycles. The zero-order chi connectivity index (χ0) is 20.0. The first kappa shape index (κ1) is 25.8. The van der Waals surface area contributed by atoms with Gasteiger partial charge in [-0.2, -0.15) is 0 Å². The van der Waals surface area contributed by atoms with Gasteiger partial charge in [-0.05, 0) is 25.3 Å². The first-order valence-electron chi connectivity index (χ1n) is 10.5. The fraction of sp³-hybridized carbons (Fsp3) is 0.750. The zero-order valence-electron chi connectivity index (χ0n) is 18.1. The summed E-state index contributed by atoms with van der Waals surface area (Å²) < 4.78 is 5.61. The molecule has 1 aliphatic rings. The van der Waals surface area contributed by atoms with Crippen molar-refractivity contribution in [3.05, 3.63) is 18.5 Å². The molecular formula is C20H38IN7O. The van der Waals surface area contributed by atoms with E-state index < -0.39 is 0 Å². The molecule has 1 aromatic heterocycles. The summed E-state index contributed by atoms with van der Waals surface area (Å²) in [5, 5.41) is 6.75. The number of guanidine groups is 1. The van der Waals surface area contributed by atoms with Gasteiger partial charge >= 0.3 is 0 Å². The minimum Gasteiger partial charge on any atom is -0.381 e. The maximum atomic E-state index is 5.61. The Labute approximate surface area is 192 Å². The average Bonchev–Trinajstić information content (AvgIpc) is 2.71. The molecule has 2 heterocycles. The van der Waals surface area contributed by atoms with E-state index in [0.29, 0.717) is 5.92 Å². The van der Waals surface area contributed by atoms with Crippen LogP contribution in [0.2, 0.25) is 0 Å². The van der Waals surface area contributed by atoms with E-state index in [1.54, 1.807) is 12.4 Å². The van der Waals surface area contributed by atoms with Gasteiger partial charge in [0, 0.05) is 78.0 Å². The number of hydrogen-bond donors (Lipinski definition) is 2. The summed E-state index contributed by atoms with van der Waals surface area (Å²) in [4.78, 5) is 18.0. The second-order valence-electron chi connectivity index (χ2n) is 7.39. The first-order chi connectivity index (χ1) is 13.7. The average molecular weight is 519 g/mol. The number of anilines is 1. The highest BCUT2D eigenvalue weighted by Crippen LogP contribution is 2.09. The third kappa shape index (κ3) is 10.9. The quantitative estimate of drug-likeness (QED) is 0.200. The van der Waals surface area contributed by atoms with Crippen molar-refractivity contribution in [1.82, 2.24) is 25.5 Å². The molecule has 1 fully saturated rings. The highest BCUT2D eigenvalue weighted by Gasteiger charge is 2.18. The summed E-state index contributed by atoms with van der Waals surface area (Å²) in [6, 6.07) is 1.85. The second-order valence-corrected chi connectivity index (χ2v) is 7.39. The van der Waals surface area contributed by atoms with E-state index in [-0.39, 0.29) is 24.0 Å². The summed E-state index contributed by atoms with van der Waals surface area (Å²) in [5.74, 6) is 2.31. The topological polar surface area (TPSA) is 77.9 Å². The second kappa shape index (κ2) is 15.6. The number of rotatable bonds is 11. The van der Waals surface area contributed by atoms with E-state index in [9.17, 15) is 0 Å². The van der Waals surface area contributed by atoms with Crippen LogP contribution in [0, 0.1) is 5.92 Å². The fourth-order valence-corrected chi connectivity index (χ4v) is 2.98. The van der Waals surface area contributed by atoms with Crippen LogP contribution in [-0.4, -0.2) is 86.4 Å². The Hall–Kier alpha value is -1.20. The minimum atomic E-state index is 0. The molecule has 0 radical (unpaired) electrons. The van der Waals surface area contributed by atoms with Gasteiger partial charge in [0.1, 0.15) is 0 Å². The van der Waals surface area contributed by atoms with Gasteiger partial charge in [-0.25, -0.2) is 9.97 Å². The van der Waals surface area contributed by atoms with Crippen LogP contribution < -0.4 is 15.5 Å². The van der Waals surface area contributed by atoms with Crippen molar-refractivity contribution < 1.29 is 4.74 Å². The maximum absolute atomic E-state index is 5.61. The van der Waals surface area contributed by atoms with E-state index >= 15 is 0 Å². The Bertz CT molecular complexity index is 551. The third-order valence-electron chi connectivity index (χ3n) is 4.44. The van der Waals surface area contributed by atoms with Crippen LogP contribution in [0.4, 0.5) is 5.95 Å². The van der Waals surface area contributed by atoms with Crippen LogP contribution in [-0.2, 0) is 4.74 Å². The SMILES string of the molecule is CCNC(=NCCCOCC(C)C)NCCN1CCN(c2ncccn2)CC1.I. The summed E-state index contributed by atoms with van der Waals surface area (Å²) in [6.45, 7) is 15.6. The van der Waals surface area contributed by atoms with Crippen LogP contribution in [0.15, 0.2) is 23.5 Å². The highest BCUT2D eigenvalue weighted by molar-refractivity contribution is 14.0. The molecule has 9 heteroatoms. The van der Waals surface area contributed by atoms with Crippen LogP contribution in [0.5, 0.6) is 0 Å². The van der Waals surface area contributed by atoms with Gasteiger partial charge in [0.05, 0.1) is 0 Å². The molecule has 1 saturated heterocycles. The molecule has 166 valence electrons. The molecule has 0 atom stereocenters. The molecular weight excluding hydrogens is 481 g/mol.